The molecule has 0 spiro atoms. The fraction of sp³-hybridized carbons (Fsp3) is 0.625. The van der Waals surface area contributed by atoms with Crippen LogP contribution in [0.1, 0.15) is 42.4 Å². The molecule has 0 radical (unpaired) electrons. The molecule has 2 heteroatoms. The van der Waals surface area contributed by atoms with Crippen molar-refractivity contribution in [2.45, 2.75) is 52.1 Å². The smallest absolute Gasteiger partial charge is 0.0239 e. The molecule has 0 aromatic heterocycles. The molecular formula is C16H26N2. The van der Waals surface area contributed by atoms with Gasteiger partial charge < -0.3 is 5.73 Å². The summed E-state index contributed by atoms with van der Waals surface area (Å²) in [6.45, 7) is 7.45. The van der Waals surface area contributed by atoms with Crippen LogP contribution in [0.5, 0.6) is 0 Å². The predicted molar refractivity (Wildman–Crippen MR) is 77.6 cm³/mol. The molecule has 1 aromatic rings. The number of nitrogens with two attached hydrogens (primary N) is 1. The van der Waals surface area contributed by atoms with Crippen LogP contribution in [0.3, 0.4) is 0 Å². The molecule has 18 heavy (non-hydrogen) atoms. The van der Waals surface area contributed by atoms with E-state index in [1.165, 1.54) is 48.9 Å². The maximum atomic E-state index is 5.94. The molecule has 100 valence electrons. The molecule has 1 atom stereocenters. The SMILES string of the molecule is Cc1ccc(C)c(CN2CCCCCC2CN)c1. The van der Waals surface area contributed by atoms with Crippen molar-refractivity contribution >= 4 is 0 Å². The van der Waals surface area contributed by atoms with Crippen molar-refractivity contribution in [2.75, 3.05) is 13.1 Å². The maximum absolute atomic E-state index is 5.94. The topological polar surface area (TPSA) is 29.3 Å². The van der Waals surface area contributed by atoms with Gasteiger partial charge in [-0.2, -0.15) is 0 Å². The first-order valence-electron chi connectivity index (χ1n) is 7.21. The summed E-state index contributed by atoms with van der Waals surface area (Å²) in [7, 11) is 0. The van der Waals surface area contributed by atoms with Gasteiger partial charge in [0, 0.05) is 19.1 Å². The van der Waals surface area contributed by atoms with E-state index in [1.54, 1.807) is 0 Å². The van der Waals surface area contributed by atoms with E-state index in [-0.39, 0.29) is 0 Å². The number of aryl methyl sites for hydroxylation is 2. The van der Waals surface area contributed by atoms with Gasteiger partial charge in [0.2, 0.25) is 0 Å². The number of nitrogens with zero attached hydrogens (tertiary/aromatic N) is 1. The number of benzene rings is 1. The molecule has 2 N–H and O–H groups in total. The lowest BCUT2D eigenvalue weighted by Gasteiger charge is -2.29. The first-order chi connectivity index (χ1) is 8.70. The zero-order chi connectivity index (χ0) is 13.0. The minimum atomic E-state index is 0.576. The van der Waals surface area contributed by atoms with Gasteiger partial charge in [0.25, 0.3) is 0 Å². The Balaban J connectivity index is 2.12. The minimum Gasteiger partial charge on any atom is -0.329 e. The van der Waals surface area contributed by atoms with Gasteiger partial charge in [0.15, 0.2) is 0 Å². The lowest BCUT2D eigenvalue weighted by Crippen LogP contribution is -2.39. The third-order valence-corrected chi connectivity index (χ3v) is 4.15. The average molecular weight is 246 g/mol. The van der Waals surface area contributed by atoms with Crippen molar-refractivity contribution in [3.63, 3.8) is 0 Å². The summed E-state index contributed by atoms with van der Waals surface area (Å²) in [6.07, 6.45) is 5.29. The maximum Gasteiger partial charge on any atom is 0.0239 e. The van der Waals surface area contributed by atoms with E-state index < -0.39 is 0 Å². The van der Waals surface area contributed by atoms with Gasteiger partial charge >= 0.3 is 0 Å². The molecule has 1 aromatic carbocycles. The first kappa shape index (κ1) is 13.6. The fourth-order valence-corrected chi connectivity index (χ4v) is 2.90. The van der Waals surface area contributed by atoms with Crippen LogP contribution in [0.4, 0.5) is 0 Å². The lowest BCUT2D eigenvalue weighted by atomic mass is 10.0. The second-order valence-electron chi connectivity index (χ2n) is 5.64. The van der Waals surface area contributed by atoms with Gasteiger partial charge in [-0.15, -0.1) is 0 Å². The lowest BCUT2D eigenvalue weighted by molar-refractivity contribution is 0.195. The monoisotopic (exact) mass is 246 g/mol. The Labute approximate surface area is 111 Å². The van der Waals surface area contributed by atoms with E-state index >= 15 is 0 Å². The normalized spacial score (nSPS) is 21.8. The molecule has 1 unspecified atom stereocenters. The van der Waals surface area contributed by atoms with E-state index in [0.717, 1.165) is 13.1 Å². The van der Waals surface area contributed by atoms with E-state index in [1.807, 2.05) is 0 Å². The molecule has 1 heterocycles. The van der Waals surface area contributed by atoms with Gasteiger partial charge in [-0.05, 0) is 44.4 Å². The molecule has 0 amide bonds. The number of hydrogen-bond donors (Lipinski definition) is 1. The molecule has 2 rings (SSSR count). The van der Waals surface area contributed by atoms with Crippen molar-refractivity contribution in [2.24, 2.45) is 5.73 Å². The Morgan fingerprint density at radius 1 is 1.22 bits per heavy atom. The number of hydrogen-bond acceptors (Lipinski definition) is 2. The van der Waals surface area contributed by atoms with Gasteiger partial charge in [-0.3, -0.25) is 4.90 Å². The Bertz CT molecular complexity index is 387. The summed E-state index contributed by atoms with van der Waals surface area (Å²) in [4.78, 5) is 2.59. The summed E-state index contributed by atoms with van der Waals surface area (Å²) < 4.78 is 0. The van der Waals surface area contributed by atoms with E-state index in [4.69, 9.17) is 5.73 Å². The molecule has 0 bridgehead atoms. The van der Waals surface area contributed by atoms with Crippen molar-refractivity contribution in [3.8, 4) is 0 Å². The van der Waals surface area contributed by atoms with Crippen LogP contribution in [-0.2, 0) is 6.54 Å². The average Bonchev–Trinajstić information content (AvgIpc) is 2.59. The van der Waals surface area contributed by atoms with Crippen molar-refractivity contribution in [3.05, 3.63) is 34.9 Å². The molecule has 1 aliphatic heterocycles. The predicted octanol–water partition coefficient (Wildman–Crippen LogP) is 3.01. The highest BCUT2D eigenvalue weighted by Gasteiger charge is 2.20. The van der Waals surface area contributed by atoms with E-state index in [0.29, 0.717) is 6.04 Å². The largest absolute Gasteiger partial charge is 0.329 e. The minimum absolute atomic E-state index is 0.576. The van der Waals surface area contributed by atoms with Crippen LogP contribution >= 0.6 is 0 Å². The molecule has 2 nitrogen and oxygen atoms in total. The summed E-state index contributed by atoms with van der Waals surface area (Å²) >= 11 is 0. The highest BCUT2D eigenvalue weighted by molar-refractivity contribution is 5.30. The second-order valence-corrected chi connectivity index (χ2v) is 5.64. The zero-order valence-corrected chi connectivity index (χ0v) is 11.8. The van der Waals surface area contributed by atoms with Crippen LogP contribution in [-0.4, -0.2) is 24.0 Å². The summed E-state index contributed by atoms with van der Waals surface area (Å²) in [5.41, 5.74) is 10.2. The summed E-state index contributed by atoms with van der Waals surface area (Å²) in [6, 6.07) is 7.34. The molecule has 0 aliphatic carbocycles. The van der Waals surface area contributed by atoms with Crippen LogP contribution in [0, 0.1) is 13.8 Å². The standard InChI is InChI=1S/C16H26N2/c1-13-7-8-14(2)15(10-13)12-18-9-5-3-4-6-16(18)11-17/h7-8,10,16H,3-6,9,11-12,17H2,1-2H3. The van der Waals surface area contributed by atoms with Crippen molar-refractivity contribution < 1.29 is 0 Å². The van der Waals surface area contributed by atoms with Crippen molar-refractivity contribution in [1.82, 2.24) is 4.90 Å². The van der Waals surface area contributed by atoms with E-state index in [9.17, 15) is 0 Å². The Hall–Kier alpha value is -0.860. The first-order valence-corrected chi connectivity index (χ1v) is 7.21. The molecular weight excluding hydrogens is 220 g/mol. The van der Waals surface area contributed by atoms with E-state index in [2.05, 4.69) is 36.9 Å². The highest BCUT2D eigenvalue weighted by atomic mass is 15.2. The summed E-state index contributed by atoms with van der Waals surface area (Å²) in [5.74, 6) is 0. The Kier molecular flexibility index (Phi) is 4.79. The highest BCUT2D eigenvalue weighted by Crippen LogP contribution is 2.20. The van der Waals surface area contributed by atoms with Gasteiger partial charge in [0.05, 0.1) is 0 Å². The molecule has 1 aliphatic rings. The van der Waals surface area contributed by atoms with Gasteiger partial charge in [-0.1, -0.05) is 36.6 Å². The van der Waals surface area contributed by atoms with Gasteiger partial charge in [0.1, 0.15) is 0 Å². The zero-order valence-electron chi connectivity index (χ0n) is 11.8. The Morgan fingerprint density at radius 3 is 2.83 bits per heavy atom. The molecule has 1 saturated heterocycles. The molecule has 0 saturated carbocycles. The second kappa shape index (κ2) is 6.35. The number of likely N-dealkylation sites (tertiary alicyclic amines) is 1. The van der Waals surface area contributed by atoms with Crippen LogP contribution in [0.15, 0.2) is 18.2 Å². The third-order valence-electron chi connectivity index (χ3n) is 4.15. The summed E-state index contributed by atoms with van der Waals surface area (Å²) in [5, 5.41) is 0. The fourth-order valence-electron chi connectivity index (χ4n) is 2.90. The third kappa shape index (κ3) is 3.33. The van der Waals surface area contributed by atoms with Crippen LogP contribution < -0.4 is 5.73 Å². The Morgan fingerprint density at radius 2 is 2.06 bits per heavy atom. The number of rotatable bonds is 3. The van der Waals surface area contributed by atoms with Crippen molar-refractivity contribution in [1.29, 1.82) is 0 Å². The van der Waals surface area contributed by atoms with Gasteiger partial charge in [-0.25, -0.2) is 0 Å². The van der Waals surface area contributed by atoms with Crippen LogP contribution in [0.25, 0.3) is 0 Å². The quantitative estimate of drug-likeness (QED) is 0.888. The van der Waals surface area contributed by atoms with Crippen LogP contribution in [0.2, 0.25) is 0 Å². The molecule has 1 fully saturated rings.